The first-order valence-electron chi connectivity index (χ1n) is 6.99. The summed E-state index contributed by atoms with van der Waals surface area (Å²) in [7, 11) is 0. The third-order valence-electron chi connectivity index (χ3n) is 4.30. The van der Waals surface area contributed by atoms with E-state index in [4.69, 9.17) is 5.84 Å². The molecule has 1 aliphatic rings. The van der Waals surface area contributed by atoms with Gasteiger partial charge in [-0.2, -0.15) is 0 Å². The average Bonchev–Trinajstić information content (AvgIpc) is 2.43. The zero-order valence-electron chi connectivity index (χ0n) is 11.6. The highest BCUT2D eigenvalue weighted by molar-refractivity contribution is 9.10. The van der Waals surface area contributed by atoms with Gasteiger partial charge in [0, 0.05) is 10.5 Å². The Bertz CT molecular complexity index is 624. The van der Waals surface area contributed by atoms with Gasteiger partial charge in [-0.15, -0.1) is 0 Å². The summed E-state index contributed by atoms with van der Waals surface area (Å²) in [5, 5.41) is 0. The van der Waals surface area contributed by atoms with E-state index in [0.717, 1.165) is 10.9 Å². The molecule has 0 heterocycles. The van der Waals surface area contributed by atoms with Crippen molar-refractivity contribution in [3.63, 3.8) is 0 Å². The molecule has 1 aliphatic carbocycles. The fourth-order valence-corrected chi connectivity index (χ4v) is 3.51. The highest BCUT2D eigenvalue weighted by Gasteiger charge is 2.28. The number of nitrogens with two attached hydrogens (primary N) is 1. The lowest BCUT2D eigenvalue weighted by Crippen LogP contribution is -2.32. The topological polar surface area (TPSA) is 38.0 Å². The fourth-order valence-electron chi connectivity index (χ4n) is 3.13. The monoisotopic (exact) mass is 330 g/mol. The Morgan fingerprint density at radius 1 is 1.30 bits per heavy atom. The Hall–Kier alpha value is -1.16. The first kappa shape index (κ1) is 13.8. The van der Waals surface area contributed by atoms with Crippen LogP contribution in [0.15, 0.2) is 46.9 Å². The molecule has 104 valence electrons. The molecule has 0 amide bonds. The van der Waals surface area contributed by atoms with E-state index in [9.17, 15) is 0 Å². The van der Waals surface area contributed by atoms with Gasteiger partial charge in [-0.1, -0.05) is 46.3 Å². The van der Waals surface area contributed by atoms with Crippen molar-refractivity contribution in [2.45, 2.75) is 31.7 Å². The van der Waals surface area contributed by atoms with Gasteiger partial charge in [0.15, 0.2) is 0 Å². The molecule has 2 atom stereocenters. The molecule has 0 saturated carbocycles. The number of nitrogens with one attached hydrogen (secondary N) is 1. The summed E-state index contributed by atoms with van der Waals surface area (Å²) in [5.74, 6) is 6.42. The van der Waals surface area contributed by atoms with Crippen LogP contribution < -0.4 is 11.3 Å². The quantitative estimate of drug-likeness (QED) is 0.657. The summed E-state index contributed by atoms with van der Waals surface area (Å²) in [5.41, 5.74) is 8.53. The molecule has 2 unspecified atom stereocenters. The fraction of sp³-hybridized carbons (Fsp3) is 0.294. The molecule has 0 radical (unpaired) electrons. The van der Waals surface area contributed by atoms with E-state index < -0.39 is 0 Å². The van der Waals surface area contributed by atoms with E-state index in [1.165, 1.54) is 28.7 Å². The summed E-state index contributed by atoms with van der Waals surface area (Å²) in [6, 6.07) is 15.3. The number of hydrogen-bond donors (Lipinski definition) is 2. The summed E-state index contributed by atoms with van der Waals surface area (Å²) in [6.45, 7) is 2.14. The first-order valence-corrected chi connectivity index (χ1v) is 7.78. The molecule has 2 aromatic carbocycles. The minimum absolute atomic E-state index is 0.200. The van der Waals surface area contributed by atoms with Gasteiger partial charge < -0.3 is 0 Å². The van der Waals surface area contributed by atoms with E-state index in [1.807, 2.05) is 0 Å². The van der Waals surface area contributed by atoms with E-state index in [1.54, 1.807) is 0 Å². The van der Waals surface area contributed by atoms with Crippen LogP contribution in [0.25, 0.3) is 0 Å². The molecule has 0 spiro atoms. The molecule has 0 aromatic heterocycles. The summed E-state index contributed by atoms with van der Waals surface area (Å²) >= 11 is 3.55. The molecule has 2 nitrogen and oxygen atoms in total. The maximum Gasteiger partial charge on any atom is 0.0468 e. The van der Waals surface area contributed by atoms with Crippen molar-refractivity contribution >= 4 is 15.9 Å². The van der Waals surface area contributed by atoms with Crippen LogP contribution in [0.2, 0.25) is 0 Å². The van der Waals surface area contributed by atoms with Crippen molar-refractivity contribution in [1.82, 2.24) is 5.43 Å². The van der Waals surface area contributed by atoms with Crippen LogP contribution in [0, 0.1) is 6.92 Å². The van der Waals surface area contributed by atoms with Gasteiger partial charge in [0.25, 0.3) is 0 Å². The van der Waals surface area contributed by atoms with Crippen LogP contribution in [-0.2, 0) is 6.42 Å². The van der Waals surface area contributed by atoms with Crippen LogP contribution in [0.5, 0.6) is 0 Å². The maximum absolute atomic E-state index is 5.81. The van der Waals surface area contributed by atoms with Crippen LogP contribution in [0.1, 0.15) is 40.6 Å². The Morgan fingerprint density at radius 2 is 2.10 bits per heavy atom. The van der Waals surface area contributed by atoms with E-state index in [0.29, 0.717) is 5.92 Å². The SMILES string of the molecule is Cc1ccc(Br)cc1C(CC1Cc2ccccc21)NN. The second kappa shape index (κ2) is 5.68. The van der Waals surface area contributed by atoms with Crippen molar-refractivity contribution in [3.05, 3.63) is 69.2 Å². The van der Waals surface area contributed by atoms with Crippen molar-refractivity contribution in [3.8, 4) is 0 Å². The molecule has 3 rings (SSSR count). The number of rotatable bonds is 4. The molecule has 0 aliphatic heterocycles. The lowest BCUT2D eigenvalue weighted by atomic mass is 9.73. The third kappa shape index (κ3) is 2.53. The van der Waals surface area contributed by atoms with Gasteiger partial charge in [0.2, 0.25) is 0 Å². The van der Waals surface area contributed by atoms with Gasteiger partial charge in [-0.25, -0.2) is 0 Å². The Kier molecular flexibility index (Phi) is 3.92. The van der Waals surface area contributed by atoms with Crippen LogP contribution in [0.4, 0.5) is 0 Å². The van der Waals surface area contributed by atoms with E-state index >= 15 is 0 Å². The highest BCUT2D eigenvalue weighted by atomic mass is 79.9. The van der Waals surface area contributed by atoms with Crippen LogP contribution in [0.3, 0.4) is 0 Å². The molecule has 0 saturated heterocycles. The lowest BCUT2D eigenvalue weighted by molar-refractivity contribution is 0.434. The number of benzene rings is 2. The molecule has 3 N–H and O–H groups in total. The van der Waals surface area contributed by atoms with Gasteiger partial charge in [-0.05, 0) is 60.1 Å². The Labute approximate surface area is 128 Å². The van der Waals surface area contributed by atoms with Crippen molar-refractivity contribution < 1.29 is 0 Å². The average molecular weight is 331 g/mol. The van der Waals surface area contributed by atoms with Crippen molar-refractivity contribution in [2.24, 2.45) is 5.84 Å². The van der Waals surface area contributed by atoms with Gasteiger partial charge in [0.05, 0.1) is 0 Å². The third-order valence-corrected chi connectivity index (χ3v) is 4.79. The second-order valence-corrected chi connectivity index (χ2v) is 6.47. The van der Waals surface area contributed by atoms with E-state index in [2.05, 4.69) is 70.7 Å². The Morgan fingerprint density at radius 3 is 2.85 bits per heavy atom. The Balaban J connectivity index is 1.80. The maximum atomic E-state index is 5.81. The predicted molar refractivity (Wildman–Crippen MR) is 86.4 cm³/mol. The predicted octanol–water partition coefficient (Wildman–Crippen LogP) is 3.99. The largest absolute Gasteiger partial charge is 0.271 e. The minimum Gasteiger partial charge on any atom is -0.271 e. The number of halogens is 1. The minimum atomic E-state index is 0.200. The molecular weight excluding hydrogens is 312 g/mol. The number of aryl methyl sites for hydroxylation is 1. The summed E-state index contributed by atoms with van der Waals surface area (Å²) < 4.78 is 1.10. The van der Waals surface area contributed by atoms with Crippen molar-refractivity contribution in [2.75, 3.05) is 0 Å². The summed E-state index contributed by atoms with van der Waals surface area (Å²) in [6.07, 6.45) is 2.21. The normalized spacial score (nSPS) is 18.2. The van der Waals surface area contributed by atoms with Crippen LogP contribution >= 0.6 is 15.9 Å². The zero-order chi connectivity index (χ0) is 14.1. The summed E-state index contributed by atoms with van der Waals surface area (Å²) in [4.78, 5) is 0. The van der Waals surface area contributed by atoms with Gasteiger partial charge in [0.1, 0.15) is 0 Å². The molecule has 3 heteroatoms. The first-order chi connectivity index (χ1) is 9.69. The van der Waals surface area contributed by atoms with E-state index in [-0.39, 0.29) is 6.04 Å². The van der Waals surface area contributed by atoms with Crippen molar-refractivity contribution in [1.29, 1.82) is 0 Å². The van der Waals surface area contributed by atoms with Gasteiger partial charge >= 0.3 is 0 Å². The lowest BCUT2D eigenvalue weighted by Gasteiger charge is -2.33. The smallest absolute Gasteiger partial charge is 0.0468 e. The molecule has 0 bridgehead atoms. The number of hydrazine groups is 1. The molecule has 20 heavy (non-hydrogen) atoms. The second-order valence-electron chi connectivity index (χ2n) is 5.56. The highest BCUT2D eigenvalue weighted by Crippen LogP contribution is 2.41. The molecule has 2 aromatic rings. The zero-order valence-corrected chi connectivity index (χ0v) is 13.2. The number of hydrogen-bond acceptors (Lipinski definition) is 2. The number of fused-ring (bicyclic) bond motifs is 1. The van der Waals surface area contributed by atoms with Crippen LogP contribution in [-0.4, -0.2) is 0 Å². The molecule has 0 fully saturated rings. The van der Waals surface area contributed by atoms with Gasteiger partial charge in [-0.3, -0.25) is 11.3 Å². The molecular formula is C17H19BrN2. The standard InChI is InChI=1S/C17H19BrN2/c1-11-6-7-14(18)10-16(11)17(20-19)9-13-8-12-4-2-3-5-15(12)13/h2-7,10,13,17,20H,8-9,19H2,1H3.